The average Bonchev–Trinajstić information content (AvgIpc) is 2.19. The maximum absolute atomic E-state index is 11.0. The van der Waals surface area contributed by atoms with E-state index in [-0.39, 0.29) is 0 Å². The van der Waals surface area contributed by atoms with Crippen LogP contribution in [-0.4, -0.2) is 11.1 Å². The molecule has 0 aliphatic heterocycles. The Morgan fingerprint density at radius 3 is 2.57 bits per heavy atom. The molecule has 2 heteroatoms. The lowest BCUT2D eigenvalue weighted by molar-refractivity contribution is -0.138. The van der Waals surface area contributed by atoms with E-state index in [4.69, 9.17) is 5.11 Å². The maximum Gasteiger partial charge on any atom is 0.310 e. The zero-order valence-electron chi connectivity index (χ0n) is 8.02. The molecule has 0 spiro atoms. The summed E-state index contributed by atoms with van der Waals surface area (Å²) < 4.78 is 0. The number of hydrogen-bond acceptors (Lipinski definition) is 1. The molecule has 14 heavy (non-hydrogen) atoms. The van der Waals surface area contributed by atoms with Crippen molar-refractivity contribution in [3.8, 4) is 0 Å². The van der Waals surface area contributed by atoms with Gasteiger partial charge in [-0.2, -0.15) is 0 Å². The van der Waals surface area contributed by atoms with Crippen molar-refractivity contribution in [2.24, 2.45) is 0 Å². The van der Waals surface area contributed by atoms with Crippen LogP contribution < -0.4 is 0 Å². The smallest absolute Gasteiger partial charge is 0.310 e. The molecule has 0 aliphatic carbocycles. The van der Waals surface area contributed by atoms with Gasteiger partial charge in [-0.3, -0.25) is 4.79 Å². The van der Waals surface area contributed by atoms with Crippen LogP contribution in [0.1, 0.15) is 24.3 Å². The summed E-state index contributed by atoms with van der Waals surface area (Å²) >= 11 is 0. The van der Waals surface area contributed by atoms with Gasteiger partial charge in [-0.15, -0.1) is 6.58 Å². The highest BCUT2D eigenvalue weighted by Crippen LogP contribution is 2.21. The molecule has 74 valence electrons. The molecule has 1 N–H and O–H groups in total. The van der Waals surface area contributed by atoms with Crippen molar-refractivity contribution in [2.75, 3.05) is 0 Å². The Kier molecular flexibility index (Phi) is 3.92. The lowest BCUT2D eigenvalue weighted by Gasteiger charge is -2.10. The second-order valence-corrected chi connectivity index (χ2v) is 3.17. The molecule has 0 fully saturated rings. The number of aliphatic carboxylic acids is 1. The zero-order valence-corrected chi connectivity index (χ0v) is 8.02. The van der Waals surface area contributed by atoms with Crippen molar-refractivity contribution in [2.45, 2.75) is 18.8 Å². The van der Waals surface area contributed by atoms with E-state index in [0.717, 1.165) is 12.0 Å². The molecule has 1 aromatic carbocycles. The summed E-state index contributed by atoms with van der Waals surface area (Å²) in [4.78, 5) is 11.0. The standard InChI is InChI=1S/C12H14O2/c1-2-3-9-11(12(13)14)10-7-5-4-6-8-10/h2,4-8,11H,1,3,9H2,(H,13,14)/t11-/m1/s1. The van der Waals surface area contributed by atoms with Gasteiger partial charge in [0.05, 0.1) is 5.92 Å². The third kappa shape index (κ3) is 2.73. The van der Waals surface area contributed by atoms with Crippen LogP contribution >= 0.6 is 0 Å². The fraction of sp³-hybridized carbons (Fsp3) is 0.250. The van der Waals surface area contributed by atoms with Crippen molar-refractivity contribution < 1.29 is 9.90 Å². The summed E-state index contributed by atoms with van der Waals surface area (Å²) in [6.07, 6.45) is 3.09. The number of hydrogen-bond donors (Lipinski definition) is 1. The van der Waals surface area contributed by atoms with Crippen LogP contribution in [0.2, 0.25) is 0 Å². The van der Waals surface area contributed by atoms with Crippen LogP contribution in [0.5, 0.6) is 0 Å². The molecule has 2 nitrogen and oxygen atoms in total. The minimum Gasteiger partial charge on any atom is -0.481 e. The molecule has 0 heterocycles. The van der Waals surface area contributed by atoms with E-state index < -0.39 is 11.9 Å². The molecule has 0 saturated carbocycles. The summed E-state index contributed by atoms with van der Waals surface area (Å²) in [6.45, 7) is 3.59. The minimum absolute atomic E-state index is 0.408. The Labute approximate surface area is 83.9 Å². The van der Waals surface area contributed by atoms with Crippen LogP contribution in [0.3, 0.4) is 0 Å². The van der Waals surface area contributed by atoms with Crippen molar-refractivity contribution in [3.63, 3.8) is 0 Å². The summed E-state index contributed by atoms with van der Waals surface area (Å²) in [5.74, 6) is -1.17. The Hall–Kier alpha value is -1.57. The van der Waals surface area contributed by atoms with Crippen LogP contribution in [0.15, 0.2) is 43.0 Å². The van der Waals surface area contributed by atoms with E-state index in [1.54, 1.807) is 6.08 Å². The molecule has 1 rings (SSSR count). The Morgan fingerprint density at radius 1 is 1.43 bits per heavy atom. The fourth-order valence-electron chi connectivity index (χ4n) is 1.40. The molecule has 1 atom stereocenters. The zero-order chi connectivity index (χ0) is 10.4. The van der Waals surface area contributed by atoms with Crippen LogP contribution in [0.25, 0.3) is 0 Å². The number of allylic oxidation sites excluding steroid dienone is 1. The molecule has 0 radical (unpaired) electrons. The van der Waals surface area contributed by atoms with Gasteiger partial charge in [-0.05, 0) is 18.4 Å². The Balaban J connectivity index is 2.78. The van der Waals surface area contributed by atoms with E-state index in [0.29, 0.717) is 6.42 Å². The SMILES string of the molecule is C=CCC[C@@H](C(=O)O)c1ccccc1. The highest BCUT2D eigenvalue weighted by molar-refractivity contribution is 5.76. The first-order chi connectivity index (χ1) is 6.75. The highest BCUT2D eigenvalue weighted by Gasteiger charge is 2.17. The Morgan fingerprint density at radius 2 is 2.07 bits per heavy atom. The van der Waals surface area contributed by atoms with Gasteiger partial charge in [-0.1, -0.05) is 36.4 Å². The van der Waals surface area contributed by atoms with Gasteiger partial charge in [-0.25, -0.2) is 0 Å². The number of benzene rings is 1. The number of rotatable bonds is 5. The molecular weight excluding hydrogens is 176 g/mol. The van der Waals surface area contributed by atoms with E-state index in [9.17, 15) is 4.79 Å². The maximum atomic E-state index is 11.0. The van der Waals surface area contributed by atoms with Crippen molar-refractivity contribution >= 4 is 5.97 Å². The van der Waals surface area contributed by atoms with Gasteiger partial charge < -0.3 is 5.11 Å². The van der Waals surface area contributed by atoms with Crippen molar-refractivity contribution in [1.82, 2.24) is 0 Å². The minimum atomic E-state index is -0.766. The largest absolute Gasteiger partial charge is 0.481 e. The molecule has 0 aromatic heterocycles. The average molecular weight is 190 g/mol. The molecule has 0 saturated heterocycles. The first-order valence-corrected chi connectivity index (χ1v) is 4.64. The van der Waals surface area contributed by atoms with Gasteiger partial charge in [0.15, 0.2) is 0 Å². The van der Waals surface area contributed by atoms with Crippen LogP contribution in [-0.2, 0) is 4.79 Å². The second kappa shape index (κ2) is 5.22. The third-order valence-corrected chi connectivity index (χ3v) is 2.16. The summed E-state index contributed by atoms with van der Waals surface area (Å²) in [6, 6.07) is 9.30. The van der Waals surface area contributed by atoms with Gasteiger partial charge in [0.25, 0.3) is 0 Å². The molecule has 1 aromatic rings. The molecule has 0 amide bonds. The lowest BCUT2D eigenvalue weighted by atomic mass is 9.94. The molecule has 0 unspecified atom stereocenters. The third-order valence-electron chi connectivity index (χ3n) is 2.16. The van der Waals surface area contributed by atoms with E-state index in [1.165, 1.54) is 0 Å². The summed E-state index contributed by atoms with van der Waals surface area (Å²) in [5, 5.41) is 9.02. The summed E-state index contributed by atoms with van der Waals surface area (Å²) in [5.41, 5.74) is 0.863. The highest BCUT2D eigenvalue weighted by atomic mass is 16.4. The van der Waals surface area contributed by atoms with Crippen LogP contribution in [0, 0.1) is 0 Å². The Bertz CT molecular complexity index is 303. The van der Waals surface area contributed by atoms with Crippen LogP contribution in [0.4, 0.5) is 0 Å². The van der Waals surface area contributed by atoms with E-state index >= 15 is 0 Å². The normalized spacial score (nSPS) is 12.0. The van der Waals surface area contributed by atoms with E-state index in [2.05, 4.69) is 6.58 Å². The van der Waals surface area contributed by atoms with Gasteiger partial charge in [0, 0.05) is 0 Å². The second-order valence-electron chi connectivity index (χ2n) is 3.17. The number of carboxylic acids is 1. The molecular formula is C12H14O2. The predicted octanol–water partition coefficient (Wildman–Crippen LogP) is 2.82. The van der Waals surface area contributed by atoms with Crippen molar-refractivity contribution in [1.29, 1.82) is 0 Å². The van der Waals surface area contributed by atoms with Gasteiger partial charge in [0.2, 0.25) is 0 Å². The predicted molar refractivity (Wildman–Crippen MR) is 56.2 cm³/mol. The first-order valence-electron chi connectivity index (χ1n) is 4.64. The summed E-state index contributed by atoms with van der Waals surface area (Å²) in [7, 11) is 0. The number of carboxylic acid groups (broad SMARTS) is 1. The van der Waals surface area contributed by atoms with Gasteiger partial charge in [0.1, 0.15) is 0 Å². The molecule has 0 aliphatic rings. The lowest BCUT2D eigenvalue weighted by Crippen LogP contribution is -2.11. The monoisotopic (exact) mass is 190 g/mol. The van der Waals surface area contributed by atoms with Gasteiger partial charge >= 0.3 is 5.97 Å². The van der Waals surface area contributed by atoms with Crippen molar-refractivity contribution in [3.05, 3.63) is 48.6 Å². The quantitative estimate of drug-likeness (QED) is 0.725. The fourth-order valence-corrected chi connectivity index (χ4v) is 1.40. The first kappa shape index (κ1) is 10.5. The number of carbonyl (C=O) groups is 1. The van der Waals surface area contributed by atoms with E-state index in [1.807, 2.05) is 30.3 Å². The topological polar surface area (TPSA) is 37.3 Å². The molecule has 0 bridgehead atoms.